The Kier molecular flexibility index (Phi) is 7.87. The minimum Gasteiger partial charge on any atom is -0.468 e. The molecular weight excluding hydrogens is 212 g/mol. The summed E-state index contributed by atoms with van der Waals surface area (Å²) in [7, 11) is 1.28. The highest BCUT2D eigenvalue weighted by Gasteiger charge is 2.12. The molecule has 0 aromatic carbocycles. The molecule has 16 heavy (non-hydrogen) atoms. The number of carbonyl (C=O) groups excluding carboxylic acids is 2. The number of nitrogens with two attached hydrogens (primary N) is 1. The summed E-state index contributed by atoms with van der Waals surface area (Å²) in [5.41, 5.74) is 5.49. The van der Waals surface area contributed by atoms with Crippen LogP contribution in [0, 0.1) is 0 Å². The first-order valence-electron chi connectivity index (χ1n) is 4.96. The predicted octanol–water partition coefficient (Wildman–Crippen LogP) is 0.179. The Bertz CT molecular complexity index is 243. The van der Waals surface area contributed by atoms with Gasteiger partial charge in [-0.1, -0.05) is 12.7 Å². The molecule has 6 nitrogen and oxygen atoms in total. The van der Waals surface area contributed by atoms with Gasteiger partial charge in [0.1, 0.15) is 12.6 Å². The molecule has 0 aliphatic carbocycles. The second kappa shape index (κ2) is 8.72. The van der Waals surface area contributed by atoms with Gasteiger partial charge in [0.05, 0.1) is 7.11 Å². The van der Waals surface area contributed by atoms with Crippen molar-refractivity contribution in [2.24, 2.45) is 5.73 Å². The SMILES string of the molecule is C=CCOC(=O)NCCC[C@H](N)C(=O)OC. The van der Waals surface area contributed by atoms with Crippen molar-refractivity contribution in [3.63, 3.8) is 0 Å². The first-order valence-corrected chi connectivity index (χ1v) is 4.96. The summed E-state index contributed by atoms with van der Waals surface area (Å²) in [6, 6.07) is -0.643. The molecule has 1 amide bonds. The number of alkyl carbamates (subject to hydrolysis) is 1. The number of hydrogen-bond acceptors (Lipinski definition) is 5. The van der Waals surface area contributed by atoms with Gasteiger partial charge in [-0.25, -0.2) is 4.79 Å². The average Bonchev–Trinajstić information content (AvgIpc) is 2.30. The van der Waals surface area contributed by atoms with Gasteiger partial charge < -0.3 is 20.5 Å². The maximum absolute atomic E-state index is 10.9. The maximum atomic E-state index is 10.9. The van der Waals surface area contributed by atoms with Gasteiger partial charge in [-0.15, -0.1) is 0 Å². The van der Waals surface area contributed by atoms with E-state index in [1.54, 1.807) is 0 Å². The van der Waals surface area contributed by atoms with Crippen LogP contribution in [0.4, 0.5) is 4.79 Å². The molecule has 0 bridgehead atoms. The van der Waals surface area contributed by atoms with Crippen molar-refractivity contribution < 1.29 is 19.1 Å². The molecule has 92 valence electrons. The van der Waals surface area contributed by atoms with E-state index in [9.17, 15) is 9.59 Å². The topological polar surface area (TPSA) is 90.6 Å². The maximum Gasteiger partial charge on any atom is 0.407 e. The van der Waals surface area contributed by atoms with Crippen molar-refractivity contribution in [2.45, 2.75) is 18.9 Å². The zero-order valence-corrected chi connectivity index (χ0v) is 9.40. The third kappa shape index (κ3) is 6.83. The Hall–Kier alpha value is -1.56. The monoisotopic (exact) mass is 230 g/mol. The van der Waals surface area contributed by atoms with Crippen LogP contribution in [0.25, 0.3) is 0 Å². The number of ether oxygens (including phenoxy) is 2. The van der Waals surface area contributed by atoms with Crippen molar-refractivity contribution in [3.05, 3.63) is 12.7 Å². The molecule has 0 aromatic rings. The lowest BCUT2D eigenvalue weighted by Gasteiger charge is -2.09. The fourth-order valence-corrected chi connectivity index (χ4v) is 0.967. The second-order valence-electron chi connectivity index (χ2n) is 3.09. The van der Waals surface area contributed by atoms with Gasteiger partial charge in [0.15, 0.2) is 0 Å². The fourth-order valence-electron chi connectivity index (χ4n) is 0.967. The van der Waals surface area contributed by atoms with Crippen molar-refractivity contribution in [1.82, 2.24) is 5.32 Å². The Labute approximate surface area is 94.8 Å². The second-order valence-corrected chi connectivity index (χ2v) is 3.09. The summed E-state index contributed by atoms with van der Waals surface area (Å²) >= 11 is 0. The van der Waals surface area contributed by atoms with E-state index >= 15 is 0 Å². The Morgan fingerprint density at radius 3 is 2.81 bits per heavy atom. The van der Waals surface area contributed by atoms with Crippen LogP contribution in [0.2, 0.25) is 0 Å². The van der Waals surface area contributed by atoms with E-state index in [-0.39, 0.29) is 6.61 Å². The van der Waals surface area contributed by atoms with Crippen molar-refractivity contribution in [3.8, 4) is 0 Å². The Balaban J connectivity index is 3.49. The van der Waals surface area contributed by atoms with E-state index in [1.807, 2.05) is 0 Å². The van der Waals surface area contributed by atoms with Crippen LogP contribution in [0.5, 0.6) is 0 Å². The number of nitrogens with one attached hydrogen (secondary N) is 1. The molecule has 0 aliphatic rings. The van der Waals surface area contributed by atoms with E-state index in [1.165, 1.54) is 13.2 Å². The Morgan fingerprint density at radius 2 is 2.25 bits per heavy atom. The molecule has 0 fully saturated rings. The summed E-state index contributed by atoms with van der Waals surface area (Å²) in [5.74, 6) is -0.450. The summed E-state index contributed by atoms with van der Waals surface area (Å²) in [6.07, 6.45) is 2.01. The highest BCUT2D eigenvalue weighted by Crippen LogP contribution is 1.95. The summed E-state index contributed by atoms with van der Waals surface area (Å²) < 4.78 is 9.13. The molecule has 0 radical (unpaired) electrons. The van der Waals surface area contributed by atoms with Crippen molar-refractivity contribution in [2.75, 3.05) is 20.3 Å². The van der Waals surface area contributed by atoms with Gasteiger partial charge in [0.2, 0.25) is 0 Å². The molecule has 0 saturated carbocycles. The van der Waals surface area contributed by atoms with Gasteiger partial charge >= 0.3 is 12.1 Å². The van der Waals surface area contributed by atoms with Crippen LogP contribution in [-0.2, 0) is 14.3 Å². The molecule has 0 unspecified atom stereocenters. The Morgan fingerprint density at radius 1 is 1.56 bits per heavy atom. The molecule has 3 N–H and O–H groups in total. The lowest BCUT2D eigenvalue weighted by Crippen LogP contribution is -2.33. The number of rotatable bonds is 7. The van der Waals surface area contributed by atoms with Gasteiger partial charge in [0.25, 0.3) is 0 Å². The minimum atomic E-state index is -0.643. The van der Waals surface area contributed by atoms with E-state index in [4.69, 9.17) is 5.73 Å². The zero-order valence-electron chi connectivity index (χ0n) is 9.40. The molecule has 0 heterocycles. The molecule has 6 heteroatoms. The molecular formula is C10H18N2O4. The number of esters is 1. The molecule has 0 aliphatic heterocycles. The predicted molar refractivity (Wildman–Crippen MR) is 58.8 cm³/mol. The molecule has 0 saturated heterocycles. The number of carbonyl (C=O) groups is 2. The van der Waals surface area contributed by atoms with Crippen LogP contribution in [0.15, 0.2) is 12.7 Å². The van der Waals surface area contributed by atoms with E-state index < -0.39 is 18.1 Å². The number of methoxy groups -OCH3 is 1. The summed E-state index contributed by atoms with van der Waals surface area (Å²) in [5, 5.41) is 2.51. The van der Waals surface area contributed by atoms with Gasteiger partial charge in [0, 0.05) is 6.54 Å². The van der Waals surface area contributed by atoms with Crippen molar-refractivity contribution >= 4 is 12.1 Å². The van der Waals surface area contributed by atoms with E-state index in [2.05, 4.69) is 21.4 Å². The third-order valence-corrected chi connectivity index (χ3v) is 1.80. The summed E-state index contributed by atoms with van der Waals surface area (Å²) in [4.78, 5) is 21.8. The lowest BCUT2D eigenvalue weighted by molar-refractivity contribution is -0.142. The number of hydrogen-bond donors (Lipinski definition) is 2. The van der Waals surface area contributed by atoms with Crippen LogP contribution in [0.3, 0.4) is 0 Å². The minimum absolute atomic E-state index is 0.174. The van der Waals surface area contributed by atoms with E-state index in [0.29, 0.717) is 19.4 Å². The molecule has 1 atom stereocenters. The largest absolute Gasteiger partial charge is 0.468 e. The molecule has 0 aromatic heterocycles. The smallest absolute Gasteiger partial charge is 0.407 e. The van der Waals surface area contributed by atoms with E-state index in [0.717, 1.165) is 0 Å². The first-order chi connectivity index (χ1) is 7.61. The summed E-state index contributed by atoms with van der Waals surface area (Å²) in [6.45, 7) is 3.99. The fraction of sp³-hybridized carbons (Fsp3) is 0.600. The highest BCUT2D eigenvalue weighted by atomic mass is 16.5. The molecule has 0 rings (SSSR count). The average molecular weight is 230 g/mol. The van der Waals surface area contributed by atoms with Crippen LogP contribution < -0.4 is 11.1 Å². The molecule has 0 spiro atoms. The van der Waals surface area contributed by atoms with Crippen LogP contribution in [-0.4, -0.2) is 38.4 Å². The number of amides is 1. The lowest BCUT2D eigenvalue weighted by atomic mass is 10.2. The van der Waals surface area contributed by atoms with Gasteiger partial charge in [-0.05, 0) is 12.8 Å². The zero-order chi connectivity index (χ0) is 12.4. The van der Waals surface area contributed by atoms with Gasteiger partial charge in [-0.2, -0.15) is 0 Å². The first kappa shape index (κ1) is 14.4. The highest BCUT2D eigenvalue weighted by molar-refractivity contribution is 5.75. The van der Waals surface area contributed by atoms with Crippen LogP contribution in [0.1, 0.15) is 12.8 Å². The van der Waals surface area contributed by atoms with Crippen molar-refractivity contribution in [1.29, 1.82) is 0 Å². The van der Waals surface area contributed by atoms with Gasteiger partial charge in [-0.3, -0.25) is 4.79 Å². The standard InChI is InChI=1S/C10H18N2O4/c1-3-7-16-10(14)12-6-4-5-8(11)9(13)15-2/h3,8H,1,4-7,11H2,2H3,(H,12,14)/t8-/m0/s1. The van der Waals surface area contributed by atoms with Crippen LogP contribution >= 0.6 is 0 Å². The third-order valence-electron chi connectivity index (χ3n) is 1.80. The quantitative estimate of drug-likeness (QED) is 0.370. The normalized spacial score (nSPS) is 11.4.